The zero-order valence-electron chi connectivity index (χ0n) is 10.9. The predicted octanol–water partition coefficient (Wildman–Crippen LogP) is 3.63. The quantitative estimate of drug-likeness (QED) is 0.521. The summed E-state index contributed by atoms with van der Waals surface area (Å²) in [4.78, 5) is 11.9. The van der Waals surface area contributed by atoms with Crippen LogP contribution in [0.15, 0.2) is 0 Å². The van der Waals surface area contributed by atoms with Gasteiger partial charge in [0.25, 0.3) is 0 Å². The number of hydrogen-bond donors (Lipinski definition) is 0. The summed E-state index contributed by atoms with van der Waals surface area (Å²) in [6.07, 6.45) is 1.71. The number of carbonyl (C=O) groups is 1. The van der Waals surface area contributed by atoms with Crippen molar-refractivity contribution in [3.05, 3.63) is 0 Å². The summed E-state index contributed by atoms with van der Waals surface area (Å²) >= 11 is 1.29. The molecule has 96 valence electrons. The van der Waals surface area contributed by atoms with Gasteiger partial charge >= 0.3 is 0 Å². The zero-order chi connectivity index (χ0) is 12.8. The number of thioether (sulfide) groups is 1. The van der Waals surface area contributed by atoms with Gasteiger partial charge in [-0.15, -0.1) is 0 Å². The highest BCUT2D eigenvalue weighted by molar-refractivity contribution is 8.13. The summed E-state index contributed by atoms with van der Waals surface area (Å²) in [7, 11) is -2.40. The van der Waals surface area contributed by atoms with Crippen molar-refractivity contribution in [3.63, 3.8) is 0 Å². The molecule has 0 amide bonds. The van der Waals surface area contributed by atoms with E-state index in [4.69, 9.17) is 4.52 Å². The van der Waals surface area contributed by atoms with Gasteiger partial charge in [-0.2, -0.15) is 0 Å². The normalized spacial score (nSPS) is 12.8. The summed E-state index contributed by atoms with van der Waals surface area (Å²) in [5.74, 6) is 0.583. The third kappa shape index (κ3) is 6.07. The number of hydrogen-bond acceptors (Lipinski definition) is 4. The highest BCUT2D eigenvalue weighted by Gasteiger charge is 2.29. The highest BCUT2D eigenvalue weighted by Crippen LogP contribution is 2.37. The van der Waals surface area contributed by atoms with E-state index in [0.29, 0.717) is 12.4 Å². The Morgan fingerprint density at radius 1 is 1.31 bits per heavy atom. The molecule has 0 bridgehead atoms. The lowest BCUT2D eigenvalue weighted by molar-refractivity contribution is -0.119. The second kappa shape index (κ2) is 6.83. The topological polar surface area (TPSA) is 43.4 Å². The van der Waals surface area contributed by atoms with Gasteiger partial charge in [0.1, 0.15) is 0 Å². The first kappa shape index (κ1) is 16.2. The molecule has 0 spiro atoms. The van der Waals surface area contributed by atoms with Crippen molar-refractivity contribution in [3.8, 4) is 0 Å². The molecule has 0 aromatic rings. The maximum atomic E-state index is 11.9. The van der Waals surface area contributed by atoms with Crippen LogP contribution in [-0.2, 0) is 13.9 Å². The lowest BCUT2D eigenvalue weighted by Crippen LogP contribution is -2.24. The first-order valence-corrected chi connectivity index (χ1v) is 9.12. The van der Waals surface area contributed by atoms with Crippen molar-refractivity contribution in [1.82, 2.24) is 0 Å². The molecule has 0 aromatic carbocycles. The molecule has 0 aliphatic carbocycles. The first-order chi connectivity index (χ1) is 7.25. The van der Waals surface area contributed by atoms with Crippen molar-refractivity contribution < 1.29 is 13.9 Å². The second-order valence-electron chi connectivity index (χ2n) is 4.49. The Hall–Kier alpha value is 0.210. The smallest absolute Gasteiger partial charge is 0.197 e. The fourth-order valence-electron chi connectivity index (χ4n) is 1.10. The second-order valence-corrected chi connectivity index (χ2v) is 8.32. The zero-order valence-corrected chi connectivity index (χ0v) is 12.6. The van der Waals surface area contributed by atoms with Crippen LogP contribution >= 0.6 is 19.1 Å². The van der Waals surface area contributed by atoms with Gasteiger partial charge in [0.15, 0.2) is 12.5 Å². The largest absolute Gasteiger partial charge is 0.328 e. The predicted molar refractivity (Wildman–Crippen MR) is 71.6 cm³/mol. The van der Waals surface area contributed by atoms with Gasteiger partial charge in [0, 0.05) is 24.5 Å². The maximum absolute atomic E-state index is 11.9. The van der Waals surface area contributed by atoms with Crippen LogP contribution in [0.2, 0.25) is 0 Å². The SMILES string of the molecule is CCC(C)(CC)C(=O)SCCOP(C)(C)=O. The van der Waals surface area contributed by atoms with E-state index in [9.17, 15) is 9.36 Å². The number of carbonyl (C=O) groups excluding carboxylic acids is 1. The molecule has 0 aromatic heterocycles. The average Bonchev–Trinajstić information content (AvgIpc) is 2.21. The van der Waals surface area contributed by atoms with Crippen LogP contribution in [0.5, 0.6) is 0 Å². The molecule has 0 aliphatic heterocycles. The molecule has 5 heteroatoms. The Balaban J connectivity index is 3.95. The minimum atomic E-state index is -2.40. The summed E-state index contributed by atoms with van der Waals surface area (Å²) < 4.78 is 16.4. The van der Waals surface area contributed by atoms with Crippen LogP contribution in [0.25, 0.3) is 0 Å². The van der Waals surface area contributed by atoms with Crippen molar-refractivity contribution in [2.75, 3.05) is 25.7 Å². The highest BCUT2D eigenvalue weighted by atomic mass is 32.2. The van der Waals surface area contributed by atoms with E-state index < -0.39 is 7.37 Å². The molecule has 0 N–H and O–H groups in total. The third-order valence-electron chi connectivity index (χ3n) is 2.77. The summed E-state index contributed by atoms with van der Waals surface area (Å²) in [6, 6.07) is 0. The van der Waals surface area contributed by atoms with Crippen LogP contribution < -0.4 is 0 Å². The van der Waals surface area contributed by atoms with E-state index in [0.717, 1.165) is 12.8 Å². The molecular weight excluding hydrogens is 243 g/mol. The minimum Gasteiger partial charge on any atom is -0.328 e. The maximum Gasteiger partial charge on any atom is 0.197 e. The molecule has 16 heavy (non-hydrogen) atoms. The molecule has 0 radical (unpaired) electrons. The van der Waals surface area contributed by atoms with Crippen molar-refractivity contribution in [2.45, 2.75) is 33.6 Å². The van der Waals surface area contributed by atoms with Crippen LogP contribution in [0.1, 0.15) is 33.6 Å². The Morgan fingerprint density at radius 2 is 1.81 bits per heavy atom. The van der Waals surface area contributed by atoms with Crippen molar-refractivity contribution >= 4 is 24.2 Å². The third-order valence-corrected chi connectivity index (χ3v) is 4.70. The Morgan fingerprint density at radius 3 is 2.19 bits per heavy atom. The molecule has 0 atom stereocenters. The Bertz CT molecular complexity index is 268. The van der Waals surface area contributed by atoms with Gasteiger partial charge in [-0.3, -0.25) is 9.36 Å². The molecule has 0 saturated carbocycles. The Kier molecular flexibility index (Phi) is 6.92. The van der Waals surface area contributed by atoms with Gasteiger partial charge in [0.2, 0.25) is 0 Å². The van der Waals surface area contributed by atoms with E-state index in [1.807, 2.05) is 20.8 Å². The van der Waals surface area contributed by atoms with Gasteiger partial charge in [0.05, 0.1) is 6.61 Å². The van der Waals surface area contributed by atoms with Crippen LogP contribution in [-0.4, -0.2) is 30.8 Å². The summed E-state index contributed by atoms with van der Waals surface area (Å²) in [5, 5.41) is 0.211. The summed E-state index contributed by atoms with van der Waals surface area (Å²) in [5.41, 5.74) is -0.229. The van der Waals surface area contributed by atoms with Crippen LogP contribution in [0.3, 0.4) is 0 Å². The fraction of sp³-hybridized carbons (Fsp3) is 0.909. The Labute approximate surface area is 103 Å². The lowest BCUT2D eigenvalue weighted by Gasteiger charge is -2.24. The molecule has 0 fully saturated rings. The van der Waals surface area contributed by atoms with Gasteiger partial charge in [-0.05, 0) is 12.8 Å². The van der Waals surface area contributed by atoms with Gasteiger partial charge < -0.3 is 4.52 Å². The molecule has 0 aliphatic rings. The molecule has 0 heterocycles. The van der Waals surface area contributed by atoms with E-state index in [2.05, 4.69) is 0 Å². The van der Waals surface area contributed by atoms with E-state index in [-0.39, 0.29) is 10.5 Å². The molecule has 0 saturated heterocycles. The lowest BCUT2D eigenvalue weighted by atomic mass is 9.86. The van der Waals surface area contributed by atoms with Gasteiger partial charge in [-0.1, -0.05) is 32.5 Å². The fourth-order valence-corrected chi connectivity index (χ4v) is 2.75. The van der Waals surface area contributed by atoms with E-state index >= 15 is 0 Å². The van der Waals surface area contributed by atoms with Crippen molar-refractivity contribution in [2.24, 2.45) is 5.41 Å². The molecule has 3 nitrogen and oxygen atoms in total. The first-order valence-electron chi connectivity index (χ1n) is 5.62. The van der Waals surface area contributed by atoms with Crippen LogP contribution in [0, 0.1) is 5.41 Å². The standard InChI is InChI=1S/C11H23O3PS/c1-6-11(3,7-2)10(12)16-9-8-14-15(4,5)13/h6-9H2,1-5H3. The molecule has 0 unspecified atom stereocenters. The average molecular weight is 266 g/mol. The minimum absolute atomic E-state index is 0.211. The van der Waals surface area contributed by atoms with E-state index in [1.54, 1.807) is 13.3 Å². The van der Waals surface area contributed by atoms with Gasteiger partial charge in [-0.25, -0.2) is 0 Å². The molecule has 0 rings (SSSR count). The van der Waals surface area contributed by atoms with Crippen LogP contribution in [0.4, 0.5) is 0 Å². The monoisotopic (exact) mass is 266 g/mol. The number of rotatable bonds is 7. The van der Waals surface area contributed by atoms with Crippen molar-refractivity contribution in [1.29, 1.82) is 0 Å². The molecular formula is C11H23O3PS. The van der Waals surface area contributed by atoms with E-state index in [1.165, 1.54) is 11.8 Å². The summed E-state index contributed by atoms with van der Waals surface area (Å²) in [6.45, 7) is 9.61.